The van der Waals surface area contributed by atoms with E-state index in [2.05, 4.69) is 24.9 Å². The van der Waals surface area contributed by atoms with Crippen molar-refractivity contribution in [1.82, 2.24) is 19.9 Å². The zero-order chi connectivity index (χ0) is 27.7. The fraction of sp³-hybridized carbons (Fsp3) is 0.0294. The number of hydrogen-bond acceptors (Lipinski definition) is 4. The summed E-state index contributed by atoms with van der Waals surface area (Å²) in [5.74, 6) is 0. The monoisotopic (exact) mass is 622 g/mol. The minimum atomic E-state index is 0. The van der Waals surface area contributed by atoms with E-state index in [9.17, 15) is 0 Å². The molecule has 3 aromatic heterocycles. The smallest absolute Gasteiger partial charge is 0.658 e. The van der Waals surface area contributed by atoms with E-state index in [1.165, 1.54) is 0 Å². The Morgan fingerprint density at radius 3 is 1.34 bits per heavy atom. The SMILES string of the molecule is C1=Cc2cc3ccc(cc4nc(cc5ccc(cc1n2)[n-]5)C=C4)[n-]3.CO.[CH-]=C1C=CC(=Nc2ccccc2)C=C1.[Ru+3]. The molecule has 1 radical (unpaired) electrons. The van der Waals surface area contributed by atoms with Gasteiger partial charge in [-0.3, -0.25) is 4.99 Å². The van der Waals surface area contributed by atoms with Crippen molar-refractivity contribution in [3.05, 3.63) is 138 Å². The Bertz CT molecular complexity index is 1650. The number of allylic oxidation sites excluding steroid dienone is 5. The van der Waals surface area contributed by atoms with Crippen LogP contribution in [-0.2, 0) is 19.5 Å². The first-order chi connectivity index (χ1) is 19.6. The minimum absolute atomic E-state index is 0. The summed E-state index contributed by atoms with van der Waals surface area (Å²) in [5, 5.41) is 7.00. The summed E-state index contributed by atoms with van der Waals surface area (Å²) in [5.41, 5.74) is 9.79. The van der Waals surface area contributed by atoms with Crippen molar-refractivity contribution in [1.29, 1.82) is 0 Å². The van der Waals surface area contributed by atoms with Crippen molar-refractivity contribution in [2.45, 2.75) is 0 Å². The van der Waals surface area contributed by atoms with Gasteiger partial charge in [-0.1, -0.05) is 78.9 Å². The summed E-state index contributed by atoms with van der Waals surface area (Å²) in [7, 11) is 1.00. The summed E-state index contributed by atoms with van der Waals surface area (Å²) in [6.45, 7) is 5.58. The molecule has 1 aromatic carbocycles. The number of fused-ring (bicyclic) bond motifs is 8. The third kappa shape index (κ3) is 8.15. The molecular weight excluding hydrogens is 595 g/mol. The van der Waals surface area contributed by atoms with Gasteiger partial charge in [-0.25, -0.2) is 16.5 Å². The number of aliphatic hydroxyl groups is 1. The Hall–Kier alpha value is -4.71. The van der Waals surface area contributed by atoms with Crippen LogP contribution in [0, 0.1) is 6.58 Å². The second-order valence-electron chi connectivity index (χ2n) is 8.80. The van der Waals surface area contributed by atoms with E-state index >= 15 is 0 Å². The summed E-state index contributed by atoms with van der Waals surface area (Å²) in [4.78, 5) is 22.8. The minimum Gasteiger partial charge on any atom is -0.658 e. The van der Waals surface area contributed by atoms with Crippen molar-refractivity contribution in [2.75, 3.05) is 7.11 Å². The first-order valence-electron chi connectivity index (χ1n) is 12.7. The van der Waals surface area contributed by atoms with E-state index in [0.29, 0.717) is 0 Å². The maximum Gasteiger partial charge on any atom is 3.00 e. The largest absolute Gasteiger partial charge is 3.00 e. The van der Waals surface area contributed by atoms with Gasteiger partial charge in [-0.05, 0) is 36.4 Å². The molecule has 6 nitrogen and oxygen atoms in total. The fourth-order valence-corrected chi connectivity index (χ4v) is 4.03. The molecule has 2 aliphatic heterocycles. The van der Waals surface area contributed by atoms with Crippen LogP contribution in [0.15, 0.2) is 114 Å². The quantitative estimate of drug-likeness (QED) is 0.162. The van der Waals surface area contributed by atoms with Gasteiger partial charge in [-0.2, -0.15) is 17.7 Å². The van der Waals surface area contributed by atoms with Crippen molar-refractivity contribution < 1.29 is 24.6 Å². The van der Waals surface area contributed by atoms with E-state index in [1.54, 1.807) is 0 Å². The number of rotatable bonds is 1. The van der Waals surface area contributed by atoms with Crippen molar-refractivity contribution in [2.24, 2.45) is 4.99 Å². The molecule has 7 heteroatoms. The van der Waals surface area contributed by atoms with Crippen LogP contribution in [0.1, 0.15) is 22.8 Å². The average molecular weight is 622 g/mol. The molecule has 5 heterocycles. The second-order valence-corrected chi connectivity index (χ2v) is 8.80. The number of aliphatic imine (C=N–C) groups is 1. The maximum atomic E-state index is 7.00. The molecule has 4 aromatic rings. The first kappa shape index (κ1) is 29.3. The van der Waals surface area contributed by atoms with Crippen LogP contribution in [0.25, 0.3) is 46.4 Å². The molecule has 0 fully saturated rings. The van der Waals surface area contributed by atoms with Gasteiger partial charge in [0, 0.05) is 12.8 Å². The number of aromatic nitrogens is 4. The van der Waals surface area contributed by atoms with Crippen molar-refractivity contribution in [3.8, 4) is 0 Å². The summed E-state index contributed by atoms with van der Waals surface area (Å²) in [6, 6.07) is 25.7. The van der Waals surface area contributed by atoms with E-state index in [4.69, 9.17) is 11.7 Å². The van der Waals surface area contributed by atoms with Gasteiger partial charge >= 0.3 is 19.5 Å². The molecule has 3 aliphatic rings. The molecule has 1 N–H and O–H groups in total. The Kier molecular flexibility index (Phi) is 10.1. The average Bonchev–Trinajstić information content (AvgIpc) is 3.79. The number of aliphatic hydroxyl groups excluding tert-OH is 1. The molecule has 201 valence electrons. The molecule has 0 spiro atoms. The molecule has 0 unspecified atom stereocenters. The topological polar surface area (TPSA) is 86.6 Å². The zero-order valence-electron chi connectivity index (χ0n) is 22.2. The van der Waals surface area contributed by atoms with Crippen LogP contribution in [0.4, 0.5) is 5.69 Å². The van der Waals surface area contributed by atoms with Crippen LogP contribution in [0.5, 0.6) is 0 Å². The normalized spacial score (nSPS) is 12.5. The number of nitrogens with zero attached hydrogens (tertiary/aromatic N) is 5. The second kappa shape index (κ2) is 14.1. The van der Waals surface area contributed by atoms with Crippen LogP contribution in [0.2, 0.25) is 0 Å². The van der Waals surface area contributed by atoms with Crippen LogP contribution >= 0.6 is 0 Å². The van der Waals surface area contributed by atoms with Crippen molar-refractivity contribution >= 4 is 57.8 Å². The molecule has 8 bridgehead atoms. The van der Waals surface area contributed by atoms with Crippen LogP contribution in [0.3, 0.4) is 0 Å². The molecule has 41 heavy (non-hydrogen) atoms. The number of hydrogen-bond donors (Lipinski definition) is 1. The van der Waals surface area contributed by atoms with Crippen molar-refractivity contribution in [3.63, 3.8) is 0 Å². The number of benzene rings is 1. The van der Waals surface area contributed by atoms with Gasteiger partial charge in [0.1, 0.15) is 0 Å². The van der Waals surface area contributed by atoms with Crippen LogP contribution < -0.4 is 9.97 Å². The van der Waals surface area contributed by atoms with E-state index < -0.39 is 0 Å². The third-order valence-electron chi connectivity index (χ3n) is 5.82. The maximum absolute atomic E-state index is 7.00. The molecule has 0 saturated carbocycles. The fourth-order valence-electron chi connectivity index (χ4n) is 4.03. The van der Waals surface area contributed by atoms with Crippen LogP contribution in [-0.4, -0.2) is 27.9 Å². The summed E-state index contributed by atoms with van der Waals surface area (Å²) < 4.78 is 0. The summed E-state index contributed by atoms with van der Waals surface area (Å²) >= 11 is 0. The third-order valence-corrected chi connectivity index (χ3v) is 5.82. The molecular formula is C34H26N5ORu. The van der Waals surface area contributed by atoms with E-state index in [0.717, 1.165) is 68.9 Å². The molecule has 7 rings (SSSR count). The van der Waals surface area contributed by atoms with Gasteiger partial charge in [-0.15, -0.1) is 22.1 Å². The molecule has 0 saturated heterocycles. The Morgan fingerprint density at radius 2 is 0.951 bits per heavy atom. The van der Waals surface area contributed by atoms with E-state index in [-0.39, 0.29) is 19.5 Å². The predicted octanol–water partition coefficient (Wildman–Crippen LogP) is 6.76. The predicted molar refractivity (Wildman–Crippen MR) is 165 cm³/mol. The number of para-hydroxylation sites is 1. The zero-order valence-corrected chi connectivity index (χ0v) is 24.0. The van der Waals surface area contributed by atoms with Gasteiger partial charge in [0.2, 0.25) is 0 Å². The van der Waals surface area contributed by atoms with E-state index in [1.807, 2.05) is 127 Å². The van der Waals surface area contributed by atoms with Gasteiger partial charge in [0.15, 0.2) is 0 Å². The summed E-state index contributed by atoms with van der Waals surface area (Å²) in [6.07, 6.45) is 15.5. The van der Waals surface area contributed by atoms with Gasteiger partial charge < -0.3 is 15.1 Å². The van der Waals surface area contributed by atoms with Gasteiger partial charge in [0.05, 0.1) is 28.5 Å². The first-order valence-corrected chi connectivity index (χ1v) is 12.7. The molecule has 0 amide bonds. The standard InChI is InChI=1S/C20H12N4.C13H10N.CH4O.Ru/c1-2-14-10-16-5-6-18(23-16)12-20-8-7-19(24-20)11-17-4-3-15(22-17)9-13(1)21-14;1-11-7-9-13(10-8-11)14-12-5-3-2-4-6-12;1-2;/h1-12H;1-10H;2H,1H3;/q-2;-1;;+3. The van der Waals surface area contributed by atoms with Gasteiger partial charge in [0.25, 0.3) is 0 Å². The Balaban J connectivity index is 0.000000196. The molecule has 0 atom stereocenters. The Labute approximate surface area is 251 Å². The molecule has 1 aliphatic carbocycles. The Morgan fingerprint density at radius 1 is 0.561 bits per heavy atom.